The normalized spacial score (nSPS) is 15.3. The van der Waals surface area contributed by atoms with Crippen LogP contribution in [0.15, 0.2) is 47.4 Å². The summed E-state index contributed by atoms with van der Waals surface area (Å²) in [5, 5.41) is 5.54. The van der Waals surface area contributed by atoms with Gasteiger partial charge in [0.1, 0.15) is 0 Å². The molecule has 1 aliphatic rings. The molecule has 148 valence electrons. The highest BCUT2D eigenvalue weighted by molar-refractivity contribution is 7.19. The average Bonchev–Trinajstić information content (AvgIpc) is 3.30. The molecule has 4 aromatic rings. The molecule has 0 bridgehead atoms. The Morgan fingerprint density at radius 2 is 2.14 bits per heavy atom. The van der Waals surface area contributed by atoms with Gasteiger partial charge in [0.05, 0.1) is 21.9 Å². The largest absolute Gasteiger partial charge is 0.321 e. The predicted molar refractivity (Wildman–Crippen MR) is 120 cm³/mol. The van der Waals surface area contributed by atoms with Crippen LogP contribution in [-0.2, 0) is 20.0 Å². The van der Waals surface area contributed by atoms with Crippen LogP contribution >= 0.6 is 11.3 Å². The molecule has 1 N–H and O–H groups in total. The maximum atomic E-state index is 12.0. The number of nitrogens with zero attached hydrogens (tertiary/aromatic N) is 3. The third-order valence-corrected chi connectivity index (χ3v) is 6.89. The van der Waals surface area contributed by atoms with Crippen molar-refractivity contribution in [3.8, 4) is 0 Å². The Hall–Kier alpha value is -2.70. The Labute approximate surface area is 173 Å². The molecule has 1 aromatic carbocycles. The van der Waals surface area contributed by atoms with Crippen molar-refractivity contribution in [2.45, 2.75) is 26.3 Å². The molecular weight excluding hydrogens is 380 g/mol. The second-order valence-corrected chi connectivity index (χ2v) is 8.89. The molecule has 29 heavy (non-hydrogen) atoms. The molecule has 0 aliphatic carbocycles. The standard InChI is InChI=1S/C23H24N4OS/c1-3-15-11-22-20(25-23(15)28)12-19(29-22)14-27-8-6-16(7-9-27)17-4-5-21-18(10-17)13-24-26(21)2/h4-6,10-13H,3,7-9,14H2,1-2H3,(H,25,28). The van der Waals surface area contributed by atoms with E-state index in [1.165, 1.54) is 31.6 Å². The van der Waals surface area contributed by atoms with Gasteiger partial charge in [-0.3, -0.25) is 14.4 Å². The first kappa shape index (κ1) is 18.3. The van der Waals surface area contributed by atoms with E-state index < -0.39 is 0 Å². The van der Waals surface area contributed by atoms with Crippen LogP contribution < -0.4 is 5.56 Å². The van der Waals surface area contributed by atoms with Gasteiger partial charge in [-0.2, -0.15) is 5.10 Å². The Balaban J connectivity index is 1.32. The molecule has 1 aliphatic heterocycles. The summed E-state index contributed by atoms with van der Waals surface area (Å²) in [5.74, 6) is 0. The topological polar surface area (TPSA) is 53.9 Å². The zero-order chi connectivity index (χ0) is 20.0. The van der Waals surface area contributed by atoms with Crippen LogP contribution in [0.5, 0.6) is 0 Å². The van der Waals surface area contributed by atoms with Gasteiger partial charge in [0.15, 0.2) is 0 Å². The van der Waals surface area contributed by atoms with Crippen LogP contribution in [-0.4, -0.2) is 32.8 Å². The fourth-order valence-corrected chi connectivity index (χ4v) is 5.26. The van der Waals surface area contributed by atoms with Gasteiger partial charge in [-0.15, -0.1) is 11.3 Å². The Bertz CT molecular complexity index is 1290. The summed E-state index contributed by atoms with van der Waals surface area (Å²) in [5.41, 5.74) is 5.76. The van der Waals surface area contributed by atoms with Gasteiger partial charge in [-0.1, -0.05) is 19.1 Å². The van der Waals surface area contributed by atoms with Crippen LogP contribution in [0.25, 0.3) is 26.7 Å². The summed E-state index contributed by atoms with van der Waals surface area (Å²) in [6.07, 6.45) is 6.10. The Morgan fingerprint density at radius 3 is 2.93 bits per heavy atom. The zero-order valence-corrected chi connectivity index (χ0v) is 17.6. The number of fused-ring (bicyclic) bond motifs is 2. The molecule has 4 heterocycles. The van der Waals surface area contributed by atoms with Gasteiger partial charge >= 0.3 is 0 Å². The van der Waals surface area contributed by atoms with Crippen molar-refractivity contribution in [1.82, 2.24) is 19.7 Å². The van der Waals surface area contributed by atoms with Crippen LogP contribution in [0.3, 0.4) is 0 Å². The van der Waals surface area contributed by atoms with E-state index >= 15 is 0 Å². The predicted octanol–water partition coefficient (Wildman–Crippen LogP) is 4.33. The van der Waals surface area contributed by atoms with E-state index in [-0.39, 0.29) is 5.56 Å². The summed E-state index contributed by atoms with van der Waals surface area (Å²) < 4.78 is 3.09. The zero-order valence-electron chi connectivity index (χ0n) is 16.7. The lowest BCUT2D eigenvalue weighted by Gasteiger charge is -2.26. The highest BCUT2D eigenvalue weighted by Gasteiger charge is 2.15. The molecule has 5 rings (SSSR count). The molecule has 0 amide bonds. The van der Waals surface area contributed by atoms with Gasteiger partial charge in [0.25, 0.3) is 5.56 Å². The van der Waals surface area contributed by atoms with Crippen LogP contribution in [0.4, 0.5) is 0 Å². The molecule has 6 heteroatoms. The van der Waals surface area contributed by atoms with Crippen molar-refractivity contribution >= 4 is 38.0 Å². The second kappa shape index (κ2) is 7.28. The highest BCUT2D eigenvalue weighted by Crippen LogP contribution is 2.29. The van der Waals surface area contributed by atoms with Crippen molar-refractivity contribution in [2.24, 2.45) is 7.05 Å². The van der Waals surface area contributed by atoms with E-state index in [9.17, 15) is 4.79 Å². The number of aromatic amines is 1. The summed E-state index contributed by atoms with van der Waals surface area (Å²) in [7, 11) is 1.98. The van der Waals surface area contributed by atoms with Crippen LogP contribution in [0.1, 0.15) is 29.3 Å². The van der Waals surface area contributed by atoms with E-state index in [0.717, 1.165) is 43.6 Å². The Morgan fingerprint density at radius 1 is 1.24 bits per heavy atom. The van der Waals surface area contributed by atoms with Crippen molar-refractivity contribution in [2.75, 3.05) is 13.1 Å². The average molecular weight is 405 g/mol. The molecule has 5 nitrogen and oxygen atoms in total. The van der Waals surface area contributed by atoms with Crippen LogP contribution in [0.2, 0.25) is 0 Å². The number of pyridine rings is 1. The molecule has 0 saturated heterocycles. The summed E-state index contributed by atoms with van der Waals surface area (Å²) in [6, 6.07) is 10.8. The van der Waals surface area contributed by atoms with Gasteiger partial charge in [-0.05, 0) is 48.2 Å². The molecule has 0 radical (unpaired) electrons. The quantitative estimate of drug-likeness (QED) is 0.551. The number of aryl methyl sites for hydroxylation is 2. The van der Waals surface area contributed by atoms with Gasteiger partial charge in [0.2, 0.25) is 0 Å². The number of H-pyrrole nitrogens is 1. The molecule has 0 atom stereocenters. The van der Waals surface area contributed by atoms with E-state index in [1.54, 1.807) is 11.3 Å². The number of hydrogen-bond donors (Lipinski definition) is 1. The first-order valence-corrected chi connectivity index (χ1v) is 10.9. The van der Waals surface area contributed by atoms with Gasteiger partial charge in [-0.25, -0.2) is 0 Å². The maximum Gasteiger partial charge on any atom is 0.251 e. The van der Waals surface area contributed by atoms with Crippen molar-refractivity contribution in [3.05, 3.63) is 69.0 Å². The minimum Gasteiger partial charge on any atom is -0.321 e. The van der Waals surface area contributed by atoms with Crippen molar-refractivity contribution in [1.29, 1.82) is 0 Å². The van der Waals surface area contributed by atoms with E-state index in [1.807, 2.05) is 30.9 Å². The SMILES string of the molecule is CCc1cc2sc(CN3CC=C(c4ccc5c(cnn5C)c4)CC3)cc2[nH]c1=O. The third-order valence-electron chi connectivity index (χ3n) is 5.83. The number of hydrogen-bond acceptors (Lipinski definition) is 4. The number of rotatable bonds is 4. The minimum absolute atomic E-state index is 0.0421. The number of nitrogens with one attached hydrogen (secondary N) is 1. The minimum atomic E-state index is 0.0421. The van der Waals surface area contributed by atoms with Crippen molar-refractivity contribution < 1.29 is 0 Å². The third kappa shape index (κ3) is 3.43. The summed E-state index contributed by atoms with van der Waals surface area (Å²) in [4.78, 5) is 18.8. The molecule has 3 aromatic heterocycles. The van der Waals surface area contributed by atoms with Crippen LogP contribution in [0, 0.1) is 0 Å². The number of benzene rings is 1. The summed E-state index contributed by atoms with van der Waals surface area (Å²) >= 11 is 1.79. The first-order valence-electron chi connectivity index (χ1n) is 10.1. The fourth-order valence-electron chi connectivity index (χ4n) is 4.13. The maximum absolute atomic E-state index is 12.0. The Kier molecular flexibility index (Phi) is 4.60. The fraction of sp³-hybridized carbons (Fsp3) is 0.304. The molecule has 0 unspecified atom stereocenters. The van der Waals surface area contributed by atoms with E-state index in [4.69, 9.17) is 0 Å². The lowest BCUT2D eigenvalue weighted by molar-refractivity contribution is 0.296. The monoisotopic (exact) mass is 404 g/mol. The molecular formula is C23H24N4OS. The summed E-state index contributed by atoms with van der Waals surface area (Å²) in [6.45, 7) is 4.94. The lowest BCUT2D eigenvalue weighted by Crippen LogP contribution is -2.27. The molecule has 0 saturated carbocycles. The first-order chi connectivity index (χ1) is 14.1. The molecule has 0 spiro atoms. The molecule has 0 fully saturated rings. The van der Waals surface area contributed by atoms with Gasteiger partial charge < -0.3 is 4.98 Å². The second-order valence-electron chi connectivity index (χ2n) is 7.72. The highest BCUT2D eigenvalue weighted by atomic mass is 32.1. The number of aromatic nitrogens is 3. The van der Waals surface area contributed by atoms with E-state index in [2.05, 4.69) is 45.3 Å². The van der Waals surface area contributed by atoms with E-state index in [0.29, 0.717) is 0 Å². The smallest absolute Gasteiger partial charge is 0.251 e. The van der Waals surface area contributed by atoms with Gasteiger partial charge in [0, 0.05) is 42.5 Å². The number of thiophene rings is 1. The lowest BCUT2D eigenvalue weighted by atomic mass is 9.98. The van der Waals surface area contributed by atoms with Crippen molar-refractivity contribution in [3.63, 3.8) is 0 Å².